The molecule has 3 N–H and O–H groups in total. The van der Waals surface area contributed by atoms with Crippen molar-refractivity contribution in [1.82, 2.24) is 0 Å². The highest BCUT2D eigenvalue weighted by Crippen LogP contribution is 2.20. The first-order valence-corrected chi connectivity index (χ1v) is 5.89. The van der Waals surface area contributed by atoms with Crippen LogP contribution in [0.3, 0.4) is 0 Å². The van der Waals surface area contributed by atoms with Gasteiger partial charge >= 0.3 is 0 Å². The number of benzene rings is 2. The van der Waals surface area contributed by atoms with Gasteiger partial charge in [0.15, 0.2) is 0 Å². The van der Waals surface area contributed by atoms with Crippen LogP contribution in [-0.4, -0.2) is 11.9 Å². The molecule has 0 aliphatic heterocycles. The topological polar surface area (TPSA) is 55.1 Å². The van der Waals surface area contributed by atoms with Gasteiger partial charge in [0, 0.05) is 5.69 Å². The van der Waals surface area contributed by atoms with Crippen molar-refractivity contribution in [1.29, 1.82) is 0 Å². The molecule has 2 aromatic rings. The number of hydrogen-bond donors (Lipinski definition) is 2. The van der Waals surface area contributed by atoms with Gasteiger partial charge in [0.2, 0.25) is 5.91 Å². The Hall–Kier alpha value is -2.13. The normalized spacial score (nSPS) is 11.9. The SMILES string of the molecule is CC(N)C(=O)Nc1ccc(-c2ccccc2)cc1. The molecule has 3 nitrogen and oxygen atoms in total. The number of hydrogen-bond acceptors (Lipinski definition) is 2. The Morgan fingerprint density at radius 2 is 1.56 bits per heavy atom. The van der Waals surface area contributed by atoms with Crippen molar-refractivity contribution in [3.05, 3.63) is 54.6 Å². The molecule has 92 valence electrons. The smallest absolute Gasteiger partial charge is 0.240 e. The third-order valence-electron chi connectivity index (χ3n) is 2.67. The van der Waals surface area contributed by atoms with E-state index in [-0.39, 0.29) is 5.91 Å². The van der Waals surface area contributed by atoms with Crippen LogP contribution in [0, 0.1) is 0 Å². The van der Waals surface area contributed by atoms with E-state index in [0.29, 0.717) is 0 Å². The largest absolute Gasteiger partial charge is 0.325 e. The van der Waals surface area contributed by atoms with Gasteiger partial charge in [-0.25, -0.2) is 0 Å². The maximum Gasteiger partial charge on any atom is 0.240 e. The third-order valence-corrected chi connectivity index (χ3v) is 2.67. The molecule has 0 radical (unpaired) electrons. The quantitative estimate of drug-likeness (QED) is 0.866. The van der Waals surface area contributed by atoms with Crippen LogP contribution in [-0.2, 0) is 4.79 Å². The summed E-state index contributed by atoms with van der Waals surface area (Å²) < 4.78 is 0. The second kappa shape index (κ2) is 5.47. The van der Waals surface area contributed by atoms with Crippen molar-refractivity contribution in [3.8, 4) is 11.1 Å². The van der Waals surface area contributed by atoms with E-state index in [9.17, 15) is 4.79 Å². The number of amides is 1. The highest BCUT2D eigenvalue weighted by molar-refractivity contribution is 5.94. The molecule has 0 heterocycles. The maximum atomic E-state index is 11.4. The predicted molar refractivity (Wildman–Crippen MR) is 74.2 cm³/mol. The van der Waals surface area contributed by atoms with E-state index in [1.54, 1.807) is 6.92 Å². The van der Waals surface area contributed by atoms with Crippen LogP contribution in [0.25, 0.3) is 11.1 Å². The number of anilines is 1. The van der Waals surface area contributed by atoms with Crippen molar-refractivity contribution in [3.63, 3.8) is 0 Å². The number of nitrogens with one attached hydrogen (secondary N) is 1. The lowest BCUT2D eigenvalue weighted by Crippen LogP contribution is -2.32. The molecule has 18 heavy (non-hydrogen) atoms. The van der Waals surface area contributed by atoms with Crippen molar-refractivity contribution < 1.29 is 4.79 Å². The first-order chi connectivity index (χ1) is 8.66. The number of carbonyl (C=O) groups is 1. The van der Waals surface area contributed by atoms with Gasteiger partial charge in [-0.2, -0.15) is 0 Å². The van der Waals surface area contributed by atoms with Gasteiger partial charge in [-0.3, -0.25) is 4.79 Å². The van der Waals surface area contributed by atoms with Crippen LogP contribution in [0.1, 0.15) is 6.92 Å². The minimum atomic E-state index is -0.501. The monoisotopic (exact) mass is 240 g/mol. The van der Waals surface area contributed by atoms with Gasteiger partial charge < -0.3 is 11.1 Å². The Labute approximate surface area is 107 Å². The van der Waals surface area contributed by atoms with E-state index >= 15 is 0 Å². The fourth-order valence-electron chi connectivity index (χ4n) is 1.63. The highest BCUT2D eigenvalue weighted by atomic mass is 16.2. The molecule has 1 atom stereocenters. The van der Waals surface area contributed by atoms with Crippen molar-refractivity contribution in [2.45, 2.75) is 13.0 Å². The predicted octanol–water partition coefficient (Wildman–Crippen LogP) is 2.64. The van der Waals surface area contributed by atoms with E-state index < -0.39 is 6.04 Å². The molecule has 0 aliphatic rings. The molecular weight excluding hydrogens is 224 g/mol. The molecule has 0 fully saturated rings. The minimum Gasteiger partial charge on any atom is -0.325 e. The Bertz CT molecular complexity index is 518. The van der Waals surface area contributed by atoms with E-state index in [1.165, 1.54) is 0 Å². The molecule has 0 bridgehead atoms. The second-order valence-electron chi connectivity index (χ2n) is 4.22. The zero-order valence-electron chi connectivity index (χ0n) is 10.3. The average Bonchev–Trinajstić information content (AvgIpc) is 2.40. The van der Waals surface area contributed by atoms with Crippen molar-refractivity contribution in [2.24, 2.45) is 5.73 Å². The van der Waals surface area contributed by atoms with Crippen LogP contribution in [0.15, 0.2) is 54.6 Å². The van der Waals surface area contributed by atoms with Crippen LogP contribution < -0.4 is 11.1 Å². The molecule has 1 unspecified atom stereocenters. The van der Waals surface area contributed by atoms with E-state index in [1.807, 2.05) is 42.5 Å². The van der Waals surface area contributed by atoms with Gasteiger partial charge in [-0.05, 0) is 30.2 Å². The van der Waals surface area contributed by atoms with Crippen LogP contribution in [0.4, 0.5) is 5.69 Å². The number of carbonyl (C=O) groups excluding carboxylic acids is 1. The standard InChI is InChI=1S/C15H16N2O/c1-11(16)15(18)17-14-9-7-13(8-10-14)12-5-3-2-4-6-12/h2-11H,16H2,1H3,(H,17,18). The molecule has 1 amide bonds. The molecule has 0 spiro atoms. The molecule has 0 saturated heterocycles. The molecule has 2 aromatic carbocycles. The summed E-state index contributed by atoms with van der Waals surface area (Å²) in [7, 11) is 0. The Balaban J connectivity index is 2.13. The van der Waals surface area contributed by atoms with Crippen LogP contribution in [0.2, 0.25) is 0 Å². The Morgan fingerprint density at radius 3 is 2.11 bits per heavy atom. The molecule has 0 aromatic heterocycles. The first-order valence-electron chi connectivity index (χ1n) is 5.89. The van der Waals surface area contributed by atoms with E-state index in [2.05, 4.69) is 17.4 Å². The second-order valence-corrected chi connectivity index (χ2v) is 4.22. The van der Waals surface area contributed by atoms with E-state index in [0.717, 1.165) is 16.8 Å². The first kappa shape index (κ1) is 12.3. The lowest BCUT2D eigenvalue weighted by atomic mass is 10.1. The van der Waals surface area contributed by atoms with Gasteiger partial charge in [-0.15, -0.1) is 0 Å². The molecule has 2 rings (SSSR count). The summed E-state index contributed by atoms with van der Waals surface area (Å²) >= 11 is 0. The van der Waals surface area contributed by atoms with Gasteiger partial charge in [-0.1, -0.05) is 42.5 Å². The molecule has 0 saturated carbocycles. The summed E-state index contributed by atoms with van der Waals surface area (Å²) in [5.74, 6) is -0.178. The van der Waals surface area contributed by atoms with Crippen LogP contribution in [0.5, 0.6) is 0 Å². The average molecular weight is 240 g/mol. The fourth-order valence-corrected chi connectivity index (χ4v) is 1.63. The lowest BCUT2D eigenvalue weighted by molar-refractivity contribution is -0.117. The van der Waals surface area contributed by atoms with Gasteiger partial charge in [0.1, 0.15) is 0 Å². The summed E-state index contributed by atoms with van der Waals surface area (Å²) in [6, 6.07) is 17.3. The van der Waals surface area contributed by atoms with Crippen molar-refractivity contribution >= 4 is 11.6 Å². The van der Waals surface area contributed by atoms with Gasteiger partial charge in [0.25, 0.3) is 0 Å². The van der Waals surface area contributed by atoms with E-state index in [4.69, 9.17) is 5.73 Å². The zero-order chi connectivity index (χ0) is 13.0. The summed E-state index contributed by atoms with van der Waals surface area (Å²) in [5.41, 5.74) is 8.53. The lowest BCUT2D eigenvalue weighted by Gasteiger charge is -2.08. The van der Waals surface area contributed by atoms with Crippen LogP contribution >= 0.6 is 0 Å². The number of nitrogens with two attached hydrogens (primary N) is 1. The molecular formula is C15H16N2O. The van der Waals surface area contributed by atoms with Crippen molar-refractivity contribution in [2.75, 3.05) is 5.32 Å². The fraction of sp³-hybridized carbons (Fsp3) is 0.133. The zero-order valence-corrected chi connectivity index (χ0v) is 10.3. The third kappa shape index (κ3) is 2.96. The minimum absolute atomic E-state index is 0.178. The summed E-state index contributed by atoms with van der Waals surface area (Å²) in [4.78, 5) is 11.4. The Morgan fingerprint density at radius 1 is 1.00 bits per heavy atom. The summed E-state index contributed by atoms with van der Waals surface area (Å²) in [5, 5.41) is 2.76. The molecule has 0 aliphatic carbocycles. The molecule has 3 heteroatoms. The summed E-state index contributed by atoms with van der Waals surface area (Å²) in [6.45, 7) is 1.66. The number of rotatable bonds is 3. The van der Waals surface area contributed by atoms with Gasteiger partial charge in [0.05, 0.1) is 6.04 Å². The summed E-state index contributed by atoms with van der Waals surface area (Å²) in [6.07, 6.45) is 0. The Kier molecular flexibility index (Phi) is 3.75. The highest BCUT2D eigenvalue weighted by Gasteiger charge is 2.07. The maximum absolute atomic E-state index is 11.4.